The van der Waals surface area contributed by atoms with Gasteiger partial charge in [-0.2, -0.15) is 0 Å². The number of hydrogen-bond donors (Lipinski definition) is 0. The molecule has 0 fully saturated rings. The highest BCUT2D eigenvalue weighted by atomic mass is 16.6. The second kappa shape index (κ2) is 5.30. The van der Waals surface area contributed by atoms with Gasteiger partial charge in [0.15, 0.2) is 0 Å². The molecule has 1 aliphatic carbocycles. The zero-order valence-electron chi connectivity index (χ0n) is 13.6. The number of esters is 1. The third-order valence-electron chi connectivity index (χ3n) is 4.57. The number of hydrogen-bond acceptors (Lipinski definition) is 3. The van der Waals surface area contributed by atoms with Gasteiger partial charge in [0.1, 0.15) is 5.60 Å². The Morgan fingerprint density at radius 1 is 1.33 bits per heavy atom. The minimum absolute atomic E-state index is 0.161. The first kappa shape index (κ1) is 15.8. The van der Waals surface area contributed by atoms with Gasteiger partial charge >= 0.3 is 5.97 Å². The minimum Gasteiger partial charge on any atom is -0.451 e. The van der Waals surface area contributed by atoms with E-state index in [0.29, 0.717) is 12.2 Å². The lowest BCUT2D eigenvalue weighted by Gasteiger charge is -2.38. The zero-order chi connectivity index (χ0) is 15.8. The fraction of sp³-hybridized carbons (Fsp3) is 0.500. The van der Waals surface area contributed by atoms with Crippen LogP contribution < -0.4 is 0 Å². The van der Waals surface area contributed by atoms with Crippen LogP contribution in [0.4, 0.5) is 0 Å². The summed E-state index contributed by atoms with van der Waals surface area (Å²) in [6, 6.07) is 6.29. The van der Waals surface area contributed by atoms with E-state index in [1.165, 1.54) is 5.56 Å². The van der Waals surface area contributed by atoms with E-state index in [-0.39, 0.29) is 11.4 Å². The van der Waals surface area contributed by atoms with Gasteiger partial charge in [0.05, 0.1) is 6.61 Å². The quantitative estimate of drug-likeness (QED) is 0.625. The van der Waals surface area contributed by atoms with Gasteiger partial charge in [-0.25, -0.2) is 4.79 Å². The molecule has 3 nitrogen and oxygen atoms in total. The predicted molar refractivity (Wildman–Crippen MR) is 82.9 cm³/mol. The van der Waals surface area contributed by atoms with Crippen molar-refractivity contribution in [1.82, 2.24) is 0 Å². The second-order valence-corrected chi connectivity index (χ2v) is 6.69. The largest absolute Gasteiger partial charge is 0.451 e. The Morgan fingerprint density at radius 3 is 2.57 bits per heavy atom. The maximum Gasteiger partial charge on any atom is 0.334 e. The first-order valence-corrected chi connectivity index (χ1v) is 7.21. The molecule has 3 heteroatoms. The maximum atomic E-state index is 12.1. The highest BCUT2D eigenvalue weighted by Crippen LogP contribution is 2.52. The summed E-state index contributed by atoms with van der Waals surface area (Å²) in [5.74, 6) is -0.337. The molecule has 0 radical (unpaired) electrons. The molecule has 0 spiro atoms. The van der Waals surface area contributed by atoms with Gasteiger partial charge in [-0.3, -0.25) is 0 Å². The van der Waals surface area contributed by atoms with Crippen LogP contribution in [-0.4, -0.2) is 13.1 Å². The van der Waals surface area contributed by atoms with Gasteiger partial charge in [-0.1, -0.05) is 32.6 Å². The number of benzene rings is 1. The molecule has 1 unspecified atom stereocenters. The lowest BCUT2D eigenvalue weighted by molar-refractivity contribution is -0.166. The van der Waals surface area contributed by atoms with Crippen LogP contribution in [0.25, 0.3) is 0 Å². The van der Waals surface area contributed by atoms with E-state index in [1.807, 2.05) is 6.92 Å². The van der Waals surface area contributed by atoms with Crippen LogP contribution in [0.3, 0.4) is 0 Å². The number of methoxy groups -OCH3 is 1. The van der Waals surface area contributed by atoms with Gasteiger partial charge in [-0.15, -0.1) is 0 Å². The second-order valence-electron chi connectivity index (χ2n) is 6.69. The fourth-order valence-electron chi connectivity index (χ4n) is 2.95. The van der Waals surface area contributed by atoms with Crippen molar-refractivity contribution >= 4 is 5.97 Å². The molecule has 1 aliphatic rings. The number of ether oxygens (including phenoxy) is 2. The van der Waals surface area contributed by atoms with Crippen molar-refractivity contribution in [2.75, 3.05) is 7.11 Å². The van der Waals surface area contributed by atoms with E-state index >= 15 is 0 Å². The number of fused-ring (bicyclic) bond motifs is 1. The van der Waals surface area contributed by atoms with Gasteiger partial charge in [0.25, 0.3) is 0 Å². The van der Waals surface area contributed by atoms with Crippen molar-refractivity contribution in [2.24, 2.45) is 5.41 Å². The zero-order valence-corrected chi connectivity index (χ0v) is 13.6. The van der Waals surface area contributed by atoms with E-state index in [2.05, 4.69) is 38.6 Å². The summed E-state index contributed by atoms with van der Waals surface area (Å²) in [6.07, 6.45) is 0.884. The molecular weight excluding hydrogens is 264 g/mol. The van der Waals surface area contributed by atoms with E-state index < -0.39 is 5.60 Å². The molecule has 0 saturated heterocycles. The predicted octanol–water partition coefficient (Wildman–Crippen LogP) is 3.75. The van der Waals surface area contributed by atoms with Gasteiger partial charge < -0.3 is 9.47 Å². The molecule has 0 saturated carbocycles. The lowest BCUT2D eigenvalue weighted by atomic mass is 9.76. The lowest BCUT2D eigenvalue weighted by Crippen LogP contribution is -2.40. The summed E-state index contributed by atoms with van der Waals surface area (Å²) in [5, 5.41) is 0. The smallest absolute Gasteiger partial charge is 0.334 e. The molecule has 0 heterocycles. The normalized spacial score (nSPS) is 22.7. The topological polar surface area (TPSA) is 35.5 Å². The average Bonchev–Trinajstić information content (AvgIpc) is 2.58. The SMILES string of the molecule is C=C(C)C(=O)OC1(C)c2cc(COC)ccc2CC1(C)C. The van der Waals surface area contributed by atoms with Gasteiger partial charge in [0.2, 0.25) is 0 Å². The number of carbonyl (C=O) groups excluding carboxylic acids is 1. The third-order valence-corrected chi connectivity index (χ3v) is 4.57. The van der Waals surface area contributed by atoms with Crippen LogP contribution in [0.2, 0.25) is 0 Å². The standard InChI is InChI=1S/C18H24O3/c1-12(2)16(19)21-18(5)15-9-13(11-20-6)7-8-14(15)10-17(18,3)4/h7-9H,1,10-11H2,2-6H3. The minimum atomic E-state index is -0.651. The molecule has 0 bridgehead atoms. The Bertz CT molecular complexity index is 586. The summed E-state index contributed by atoms with van der Waals surface area (Å²) >= 11 is 0. The van der Waals surface area contributed by atoms with Crippen molar-refractivity contribution < 1.29 is 14.3 Å². The summed E-state index contributed by atoms with van der Waals surface area (Å²) in [5.41, 5.74) is 3.02. The molecule has 1 aromatic rings. The molecule has 0 N–H and O–H groups in total. The Balaban J connectivity index is 2.47. The van der Waals surface area contributed by atoms with E-state index in [9.17, 15) is 4.79 Å². The van der Waals surface area contributed by atoms with Crippen LogP contribution in [0.5, 0.6) is 0 Å². The summed E-state index contributed by atoms with van der Waals surface area (Å²) < 4.78 is 11.1. The maximum absolute atomic E-state index is 12.1. The number of carbonyl (C=O) groups is 1. The van der Waals surface area contributed by atoms with Crippen molar-refractivity contribution in [3.05, 3.63) is 47.0 Å². The Morgan fingerprint density at radius 2 is 2.00 bits per heavy atom. The van der Waals surface area contributed by atoms with Crippen LogP contribution in [0, 0.1) is 5.41 Å². The molecular formula is C18H24O3. The Labute approximate surface area is 127 Å². The molecule has 0 aliphatic heterocycles. The van der Waals surface area contributed by atoms with Gasteiger partial charge in [-0.05, 0) is 43.0 Å². The third kappa shape index (κ3) is 2.62. The van der Waals surface area contributed by atoms with Crippen molar-refractivity contribution in [2.45, 2.75) is 46.3 Å². The Kier molecular flexibility index (Phi) is 3.98. The molecule has 0 amide bonds. The first-order chi connectivity index (χ1) is 9.71. The molecule has 1 atom stereocenters. The average molecular weight is 288 g/mol. The molecule has 2 rings (SSSR count). The van der Waals surface area contributed by atoms with E-state index in [1.54, 1.807) is 14.0 Å². The highest BCUT2D eigenvalue weighted by Gasteiger charge is 2.52. The summed E-state index contributed by atoms with van der Waals surface area (Å²) in [7, 11) is 1.68. The van der Waals surface area contributed by atoms with Gasteiger partial charge in [0, 0.05) is 18.1 Å². The van der Waals surface area contributed by atoms with Crippen LogP contribution >= 0.6 is 0 Å². The first-order valence-electron chi connectivity index (χ1n) is 7.21. The fourth-order valence-corrected chi connectivity index (χ4v) is 2.95. The van der Waals surface area contributed by atoms with E-state index in [0.717, 1.165) is 17.5 Å². The summed E-state index contributed by atoms with van der Waals surface area (Å²) in [6.45, 7) is 12.2. The van der Waals surface area contributed by atoms with Crippen molar-refractivity contribution in [3.8, 4) is 0 Å². The molecule has 21 heavy (non-hydrogen) atoms. The van der Waals surface area contributed by atoms with Crippen LogP contribution in [-0.2, 0) is 32.9 Å². The number of rotatable bonds is 4. The van der Waals surface area contributed by atoms with E-state index in [4.69, 9.17) is 9.47 Å². The highest BCUT2D eigenvalue weighted by molar-refractivity contribution is 5.87. The molecule has 0 aromatic heterocycles. The molecule has 114 valence electrons. The monoisotopic (exact) mass is 288 g/mol. The van der Waals surface area contributed by atoms with Crippen LogP contribution in [0.1, 0.15) is 44.4 Å². The molecule has 1 aromatic carbocycles. The van der Waals surface area contributed by atoms with Crippen molar-refractivity contribution in [3.63, 3.8) is 0 Å². The van der Waals surface area contributed by atoms with Crippen LogP contribution in [0.15, 0.2) is 30.4 Å². The summed E-state index contributed by atoms with van der Waals surface area (Å²) in [4.78, 5) is 12.1. The Hall–Kier alpha value is -1.61. The van der Waals surface area contributed by atoms with Crippen molar-refractivity contribution in [1.29, 1.82) is 0 Å².